The van der Waals surface area contributed by atoms with Crippen molar-refractivity contribution in [2.45, 2.75) is 25.9 Å². The molecule has 0 fully saturated rings. The molecule has 3 N–H and O–H groups in total. The topological polar surface area (TPSA) is 87.1 Å². The lowest BCUT2D eigenvalue weighted by molar-refractivity contribution is -0.118. The summed E-state index contributed by atoms with van der Waals surface area (Å²) < 4.78 is 0. The normalized spacial score (nSPS) is 11.8. The second-order valence-electron chi connectivity index (χ2n) is 7.51. The standard InChI is InChI=1S/C25H24N4O2S/c1-17-11-20(9-10-26-17)19-7-8-24(30)22(13-19)29-25(31)23(12-18-5-3-2-4-6-18)27-14-21-15-32-16-28-21/h2-11,13,15-16,23,27,30H,12,14H2,1H3,(H,29,31). The van der Waals surface area contributed by atoms with Gasteiger partial charge in [0.25, 0.3) is 0 Å². The highest BCUT2D eigenvalue weighted by molar-refractivity contribution is 7.07. The lowest BCUT2D eigenvalue weighted by atomic mass is 10.0. The zero-order valence-electron chi connectivity index (χ0n) is 17.7. The van der Waals surface area contributed by atoms with Gasteiger partial charge in [0.2, 0.25) is 5.91 Å². The van der Waals surface area contributed by atoms with Crippen molar-refractivity contribution >= 4 is 22.9 Å². The van der Waals surface area contributed by atoms with Crippen LogP contribution >= 0.6 is 11.3 Å². The summed E-state index contributed by atoms with van der Waals surface area (Å²) in [5, 5.41) is 18.5. The van der Waals surface area contributed by atoms with Crippen LogP contribution in [0.5, 0.6) is 5.75 Å². The number of aryl methyl sites for hydroxylation is 1. The van der Waals surface area contributed by atoms with E-state index < -0.39 is 6.04 Å². The van der Waals surface area contributed by atoms with Crippen LogP contribution in [0.1, 0.15) is 17.0 Å². The zero-order valence-corrected chi connectivity index (χ0v) is 18.5. The molecule has 0 saturated heterocycles. The van der Waals surface area contributed by atoms with Gasteiger partial charge in [-0.3, -0.25) is 15.1 Å². The molecule has 1 amide bonds. The number of nitrogens with one attached hydrogen (secondary N) is 2. The Labute approximate surface area is 191 Å². The molecule has 1 unspecified atom stereocenters. The van der Waals surface area contributed by atoms with E-state index in [4.69, 9.17) is 0 Å². The van der Waals surface area contributed by atoms with Crippen LogP contribution in [0.15, 0.2) is 77.8 Å². The number of phenols is 1. The maximum Gasteiger partial charge on any atom is 0.241 e. The summed E-state index contributed by atoms with van der Waals surface area (Å²) >= 11 is 1.52. The number of phenolic OH excluding ortho intramolecular Hbond substituents is 1. The van der Waals surface area contributed by atoms with Gasteiger partial charge in [0.1, 0.15) is 5.75 Å². The van der Waals surface area contributed by atoms with E-state index in [0.29, 0.717) is 18.7 Å². The maximum absolute atomic E-state index is 13.2. The van der Waals surface area contributed by atoms with E-state index in [0.717, 1.165) is 28.1 Å². The number of rotatable bonds is 8. The van der Waals surface area contributed by atoms with E-state index >= 15 is 0 Å². The Balaban J connectivity index is 1.54. The molecule has 32 heavy (non-hydrogen) atoms. The van der Waals surface area contributed by atoms with E-state index in [1.165, 1.54) is 11.3 Å². The predicted octanol–water partition coefficient (Wildman–Crippen LogP) is 4.56. The summed E-state index contributed by atoms with van der Waals surface area (Å²) in [5.41, 5.74) is 6.83. The van der Waals surface area contributed by atoms with Crippen LogP contribution in [0.3, 0.4) is 0 Å². The van der Waals surface area contributed by atoms with Crippen LogP contribution in [0, 0.1) is 6.92 Å². The van der Waals surface area contributed by atoms with Gasteiger partial charge in [-0.15, -0.1) is 11.3 Å². The lowest BCUT2D eigenvalue weighted by Gasteiger charge is -2.19. The number of benzene rings is 2. The quantitative estimate of drug-likeness (QED) is 0.347. The third-order valence-corrected chi connectivity index (χ3v) is 5.73. The lowest BCUT2D eigenvalue weighted by Crippen LogP contribution is -2.42. The summed E-state index contributed by atoms with van der Waals surface area (Å²) in [6, 6.07) is 18.4. The fraction of sp³-hybridized carbons (Fsp3) is 0.160. The molecular weight excluding hydrogens is 420 g/mol. The molecule has 0 radical (unpaired) electrons. The van der Waals surface area contributed by atoms with Crippen LogP contribution in [0.25, 0.3) is 11.1 Å². The van der Waals surface area contributed by atoms with Crippen molar-refractivity contribution in [3.05, 3.63) is 94.7 Å². The number of anilines is 1. The Morgan fingerprint density at radius 1 is 1.06 bits per heavy atom. The highest BCUT2D eigenvalue weighted by Gasteiger charge is 2.20. The van der Waals surface area contributed by atoms with Gasteiger partial charge in [0, 0.05) is 23.8 Å². The molecule has 0 aliphatic rings. The fourth-order valence-electron chi connectivity index (χ4n) is 3.42. The van der Waals surface area contributed by atoms with Crippen molar-refractivity contribution in [1.29, 1.82) is 0 Å². The molecule has 6 nitrogen and oxygen atoms in total. The minimum absolute atomic E-state index is 0.0193. The second kappa shape index (κ2) is 10.2. The van der Waals surface area contributed by atoms with Crippen molar-refractivity contribution in [3.63, 3.8) is 0 Å². The van der Waals surface area contributed by atoms with Crippen molar-refractivity contribution < 1.29 is 9.90 Å². The number of hydrogen-bond acceptors (Lipinski definition) is 6. The summed E-state index contributed by atoms with van der Waals surface area (Å²) in [6.07, 6.45) is 2.26. The molecule has 0 spiro atoms. The van der Waals surface area contributed by atoms with Gasteiger partial charge in [-0.25, -0.2) is 4.98 Å². The summed E-state index contributed by atoms with van der Waals surface area (Å²) in [6.45, 7) is 2.41. The Kier molecular flexibility index (Phi) is 6.89. The molecule has 4 aromatic rings. The summed E-state index contributed by atoms with van der Waals surface area (Å²) in [4.78, 5) is 21.7. The Morgan fingerprint density at radius 2 is 1.88 bits per heavy atom. The largest absolute Gasteiger partial charge is 0.506 e. The van der Waals surface area contributed by atoms with Crippen molar-refractivity contribution in [2.24, 2.45) is 0 Å². The van der Waals surface area contributed by atoms with Gasteiger partial charge in [-0.2, -0.15) is 0 Å². The average Bonchev–Trinajstić information content (AvgIpc) is 3.32. The number of amides is 1. The second-order valence-corrected chi connectivity index (χ2v) is 8.23. The van der Waals surface area contributed by atoms with Crippen LogP contribution in [-0.4, -0.2) is 27.0 Å². The summed E-state index contributed by atoms with van der Waals surface area (Å²) in [7, 11) is 0. The molecule has 1 atom stereocenters. The summed E-state index contributed by atoms with van der Waals surface area (Å²) in [5.74, 6) is -0.201. The first-order chi connectivity index (χ1) is 15.6. The highest BCUT2D eigenvalue weighted by atomic mass is 32.1. The molecule has 4 rings (SSSR count). The third kappa shape index (κ3) is 5.57. The minimum atomic E-state index is -0.495. The molecule has 162 valence electrons. The van der Waals surface area contributed by atoms with Crippen LogP contribution in [-0.2, 0) is 17.8 Å². The molecule has 2 aromatic carbocycles. The van der Waals surface area contributed by atoms with Gasteiger partial charge in [0.15, 0.2) is 0 Å². The van der Waals surface area contributed by atoms with Gasteiger partial charge in [-0.05, 0) is 54.3 Å². The van der Waals surface area contributed by atoms with Crippen molar-refractivity contribution in [2.75, 3.05) is 5.32 Å². The Bertz CT molecular complexity index is 1180. The monoisotopic (exact) mass is 444 g/mol. The van der Waals surface area contributed by atoms with E-state index in [1.54, 1.807) is 23.8 Å². The molecular formula is C25H24N4O2S. The van der Waals surface area contributed by atoms with Crippen LogP contribution in [0.2, 0.25) is 0 Å². The van der Waals surface area contributed by atoms with Crippen LogP contribution < -0.4 is 10.6 Å². The number of nitrogens with zero attached hydrogens (tertiary/aromatic N) is 2. The van der Waals surface area contributed by atoms with E-state index in [2.05, 4.69) is 20.6 Å². The smallest absolute Gasteiger partial charge is 0.241 e. The predicted molar refractivity (Wildman–Crippen MR) is 128 cm³/mol. The minimum Gasteiger partial charge on any atom is -0.506 e. The zero-order chi connectivity index (χ0) is 22.3. The van der Waals surface area contributed by atoms with Gasteiger partial charge in [-0.1, -0.05) is 36.4 Å². The molecule has 0 bridgehead atoms. The molecule has 0 aliphatic heterocycles. The van der Waals surface area contributed by atoms with Gasteiger partial charge in [0.05, 0.1) is 22.9 Å². The fourth-order valence-corrected chi connectivity index (χ4v) is 3.98. The highest BCUT2D eigenvalue weighted by Crippen LogP contribution is 2.30. The first kappa shape index (κ1) is 21.7. The van der Waals surface area contributed by atoms with Crippen LogP contribution in [0.4, 0.5) is 5.69 Å². The van der Waals surface area contributed by atoms with E-state index in [-0.39, 0.29) is 11.7 Å². The van der Waals surface area contributed by atoms with Gasteiger partial charge >= 0.3 is 0 Å². The molecule has 2 aromatic heterocycles. The SMILES string of the molecule is Cc1cc(-c2ccc(O)c(NC(=O)C(Cc3ccccc3)NCc3cscn3)c2)ccn1. The number of aromatic nitrogens is 2. The van der Waals surface area contributed by atoms with Gasteiger partial charge < -0.3 is 10.4 Å². The number of thiazole rings is 1. The number of hydrogen-bond donors (Lipinski definition) is 3. The first-order valence-corrected chi connectivity index (χ1v) is 11.2. The maximum atomic E-state index is 13.2. The number of carbonyl (C=O) groups is 1. The molecule has 0 aliphatic carbocycles. The number of pyridine rings is 1. The average molecular weight is 445 g/mol. The number of carbonyl (C=O) groups excluding carboxylic acids is 1. The third-order valence-electron chi connectivity index (χ3n) is 5.10. The van der Waals surface area contributed by atoms with Crippen molar-refractivity contribution in [1.82, 2.24) is 15.3 Å². The van der Waals surface area contributed by atoms with Crippen molar-refractivity contribution in [3.8, 4) is 16.9 Å². The number of aromatic hydroxyl groups is 1. The van der Waals surface area contributed by atoms with E-state index in [9.17, 15) is 9.90 Å². The molecule has 7 heteroatoms. The Hall–Kier alpha value is -3.55. The first-order valence-electron chi connectivity index (χ1n) is 10.3. The molecule has 2 heterocycles. The van der Waals surface area contributed by atoms with E-state index in [1.807, 2.05) is 60.8 Å². The Morgan fingerprint density at radius 3 is 2.62 bits per heavy atom. The molecule has 0 saturated carbocycles.